The molecule has 0 unspecified atom stereocenters. The minimum Gasteiger partial charge on any atom is -0.466 e. The summed E-state index contributed by atoms with van der Waals surface area (Å²) < 4.78 is 9.72. The molecule has 8 nitrogen and oxygen atoms in total. The molecule has 0 saturated carbocycles. The highest BCUT2D eigenvalue weighted by molar-refractivity contribution is 5.74. The largest absolute Gasteiger partial charge is 0.466 e. The van der Waals surface area contributed by atoms with Crippen molar-refractivity contribution in [2.45, 2.75) is 44.1 Å². The van der Waals surface area contributed by atoms with E-state index < -0.39 is 48.7 Å². The molecule has 0 aromatic rings. The minimum absolute atomic E-state index is 0.0601. The quantitative estimate of drug-likeness (QED) is 0.344. The molecule has 1 fully saturated rings. The summed E-state index contributed by atoms with van der Waals surface area (Å²) in [6.07, 6.45) is -6.18. The van der Waals surface area contributed by atoms with E-state index in [9.17, 15) is 25.2 Å². The number of aliphatic hydroxyl groups excluding tert-OH is 4. The first kappa shape index (κ1) is 16.3. The van der Waals surface area contributed by atoms with Crippen LogP contribution >= 0.6 is 0 Å². The number of aliphatic hydroxyl groups is 5. The van der Waals surface area contributed by atoms with Crippen molar-refractivity contribution in [3.05, 3.63) is 0 Å². The predicted molar refractivity (Wildman–Crippen MR) is 60.7 cm³/mol. The molecule has 1 rings (SSSR count). The number of hydrogen-bond donors (Lipinski definition) is 5. The lowest BCUT2D eigenvalue weighted by Crippen LogP contribution is -2.46. The van der Waals surface area contributed by atoms with Crippen LogP contribution in [0.2, 0.25) is 0 Å². The van der Waals surface area contributed by atoms with E-state index in [0.29, 0.717) is 0 Å². The number of esters is 1. The summed E-state index contributed by atoms with van der Waals surface area (Å²) in [5.41, 5.74) is 0. The molecule has 0 aliphatic carbocycles. The van der Waals surface area contributed by atoms with E-state index >= 15 is 0 Å². The maximum atomic E-state index is 11.7. The van der Waals surface area contributed by atoms with Crippen LogP contribution in [-0.4, -0.2) is 74.9 Å². The van der Waals surface area contributed by atoms with Gasteiger partial charge in [0, 0.05) is 0 Å². The van der Waals surface area contributed by atoms with Crippen molar-refractivity contribution in [2.24, 2.45) is 5.92 Å². The molecule has 1 heterocycles. The Labute approximate surface area is 110 Å². The second-order valence-electron chi connectivity index (χ2n) is 4.60. The normalized spacial score (nSPS) is 37.9. The molecule has 0 radical (unpaired) electrons. The van der Waals surface area contributed by atoms with Gasteiger partial charge in [0.1, 0.15) is 30.3 Å². The Kier molecular flexibility index (Phi) is 5.25. The Hall–Kier alpha value is -0.770. The van der Waals surface area contributed by atoms with Crippen molar-refractivity contribution < 1.29 is 39.8 Å². The van der Waals surface area contributed by atoms with Gasteiger partial charge in [0.25, 0.3) is 0 Å². The molecule has 0 spiro atoms. The fourth-order valence-corrected chi connectivity index (χ4v) is 2.11. The predicted octanol–water partition coefficient (Wildman–Crippen LogP) is -2.65. The van der Waals surface area contributed by atoms with Crippen LogP contribution in [0.25, 0.3) is 0 Å². The molecular formula is C11H20O8. The zero-order valence-corrected chi connectivity index (χ0v) is 10.8. The first-order valence-electron chi connectivity index (χ1n) is 5.98. The van der Waals surface area contributed by atoms with Crippen molar-refractivity contribution in [1.29, 1.82) is 0 Å². The molecule has 0 amide bonds. The van der Waals surface area contributed by atoms with Gasteiger partial charge in [0.05, 0.1) is 13.2 Å². The molecule has 112 valence electrons. The number of carbonyl (C=O) groups excluding carboxylic acids is 1. The Bertz CT molecular complexity index is 318. The average Bonchev–Trinajstić information content (AvgIpc) is 2.57. The smallest absolute Gasteiger partial charge is 0.317 e. The van der Waals surface area contributed by atoms with Crippen molar-refractivity contribution >= 4 is 5.97 Å². The molecule has 8 heteroatoms. The summed E-state index contributed by atoms with van der Waals surface area (Å²) >= 11 is 0. The van der Waals surface area contributed by atoms with Gasteiger partial charge in [-0.25, -0.2) is 0 Å². The number of ether oxygens (including phenoxy) is 2. The van der Waals surface area contributed by atoms with Gasteiger partial charge in [-0.05, 0) is 13.8 Å². The third-order valence-corrected chi connectivity index (χ3v) is 3.09. The lowest BCUT2D eigenvalue weighted by atomic mass is 9.91. The van der Waals surface area contributed by atoms with Gasteiger partial charge in [-0.3, -0.25) is 4.79 Å². The van der Waals surface area contributed by atoms with E-state index in [4.69, 9.17) is 14.6 Å². The summed E-state index contributed by atoms with van der Waals surface area (Å²) in [5, 5.41) is 47.7. The first-order chi connectivity index (χ1) is 8.76. The highest BCUT2D eigenvalue weighted by atomic mass is 16.7. The maximum absolute atomic E-state index is 11.7. The molecule has 0 aromatic carbocycles. The number of rotatable bonds is 5. The average molecular weight is 280 g/mol. The zero-order valence-electron chi connectivity index (χ0n) is 10.8. The summed E-state index contributed by atoms with van der Waals surface area (Å²) in [7, 11) is 0. The van der Waals surface area contributed by atoms with Gasteiger partial charge >= 0.3 is 5.97 Å². The van der Waals surface area contributed by atoms with Crippen LogP contribution in [0.4, 0.5) is 0 Å². The van der Waals surface area contributed by atoms with E-state index in [0.717, 1.165) is 6.92 Å². The van der Waals surface area contributed by atoms with E-state index in [-0.39, 0.29) is 6.61 Å². The first-order valence-corrected chi connectivity index (χ1v) is 5.98. The molecule has 0 bridgehead atoms. The molecule has 0 aromatic heterocycles. The molecule has 1 aliphatic heterocycles. The lowest BCUT2D eigenvalue weighted by molar-refractivity contribution is -0.224. The van der Waals surface area contributed by atoms with Crippen LogP contribution in [0.1, 0.15) is 13.8 Å². The standard InChI is InChI=1S/C11H20O8/c1-3-18-10(16)6-8(15)9(19-11(6,2)17)7(14)5(13)4-12/h5-9,12-15,17H,3-4H2,1-2H3/t5-,6-,7-,8+,9+,11-/m1/s1. The molecule has 6 atom stereocenters. The van der Waals surface area contributed by atoms with Gasteiger partial charge in [-0.15, -0.1) is 0 Å². The molecule has 19 heavy (non-hydrogen) atoms. The van der Waals surface area contributed by atoms with Crippen LogP contribution in [0.15, 0.2) is 0 Å². The van der Waals surface area contributed by atoms with Crippen molar-refractivity contribution in [3.63, 3.8) is 0 Å². The second-order valence-corrected chi connectivity index (χ2v) is 4.60. The van der Waals surface area contributed by atoms with Gasteiger partial charge in [-0.1, -0.05) is 0 Å². The Morgan fingerprint density at radius 3 is 2.53 bits per heavy atom. The van der Waals surface area contributed by atoms with E-state index in [1.807, 2.05) is 0 Å². The highest BCUT2D eigenvalue weighted by Gasteiger charge is 2.58. The Morgan fingerprint density at radius 1 is 1.47 bits per heavy atom. The monoisotopic (exact) mass is 280 g/mol. The maximum Gasteiger partial charge on any atom is 0.317 e. The molecule has 5 N–H and O–H groups in total. The van der Waals surface area contributed by atoms with Crippen LogP contribution in [0, 0.1) is 5.92 Å². The number of hydrogen-bond acceptors (Lipinski definition) is 8. The third kappa shape index (κ3) is 3.22. The molecular weight excluding hydrogens is 260 g/mol. The molecule has 1 saturated heterocycles. The van der Waals surface area contributed by atoms with Crippen molar-refractivity contribution in [3.8, 4) is 0 Å². The third-order valence-electron chi connectivity index (χ3n) is 3.09. The fraction of sp³-hybridized carbons (Fsp3) is 0.909. The van der Waals surface area contributed by atoms with Crippen LogP contribution < -0.4 is 0 Å². The van der Waals surface area contributed by atoms with E-state index in [2.05, 4.69) is 0 Å². The molecule has 1 aliphatic rings. The fourth-order valence-electron chi connectivity index (χ4n) is 2.11. The minimum atomic E-state index is -2.04. The van der Waals surface area contributed by atoms with Gasteiger partial charge < -0.3 is 35.0 Å². The summed E-state index contributed by atoms with van der Waals surface area (Å²) in [6.45, 7) is 2.02. The van der Waals surface area contributed by atoms with Gasteiger partial charge in [0.15, 0.2) is 5.79 Å². The Morgan fingerprint density at radius 2 is 2.05 bits per heavy atom. The zero-order chi connectivity index (χ0) is 14.8. The van der Waals surface area contributed by atoms with Gasteiger partial charge in [0.2, 0.25) is 0 Å². The highest BCUT2D eigenvalue weighted by Crippen LogP contribution is 2.37. The lowest BCUT2D eigenvalue weighted by Gasteiger charge is -2.24. The topological polar surface area (TPSA) is 137 Å². The van der Waals surface area contributed by atoms with Crippen molar-refractivity contribution in [2.75, 3.05) is 13.2 Å². The number of carbonyl (C=O) groups is 1. The second kappa shape index (κ2) is 6.12. The van der Waals surface area contributed by atoms with Crippen LogP contribution in [0.3, 0.4) is 0 Å². The Balaban J connectivity index is 2.89. The van der Waals surface area contributed by atoms with Crippen LogP contribution in [-0.2, 0) is 14.3 Å². The van der Waals surface area contributed by atoms with Gasteiger partial charge in [-0.2, -0.15) is 0 Å². The SMILES string of the molecule is CCOC(=O)[C@H]1[C@H](O)[C@H]([C@H](O)[C@H](O)CO)O[C@@]1(C)O. The summed E-state index contributed by atoms with van der Waals surface area (Å²) in [4.78, 5) is 11.7. The summed E-state index contributed by atoms with van der Waals surface area (Å²) in [5.74, 6) is -4.31. The van der Waals surface area contributed by atoms with Crippen LogP contribution in [0.5, 0.6) is 0 Å². The van der Waals surface area contributed by atoms with E-state index in [1.165, 1.54) is 0 Å². The van der Waals surface area contributed by atoms with Crippen molar-refractivity contribution in [1.82, 2.24) is 0 Å². The summed E-state index contributed by atoms with van der Waals surface area (Å²) in [6, 6.07) is 0. The van der Waals surface area contributed by atoms with E-state index in [1.54, 1.807) is 6.92 Å².